The van der Waals surface area contributed by atoms with Crippen molar-refractivity contribution >= 4 is 17.5 Å². The summed E-state index contributed by atoms with van der Waals surface area (Å²) < 4.78 is 26.2. The van der Waals surface area contributed by atoms with Gasteiger partial charge in [0.2, 0.25) is 11.8 Å². The largest absolute Gasteiger partial charge is 0.350 e. The summed E-state index contributed by atoms with van der Waals surface area (Å²) in [5, 5.41) is 2.90. The molecule has 0 aromatic heterocycles. The fourth-order valence-corrected chi connectivity index (χ4v) is 3.04. The highest BCUT2D eigenvalue weighted by Crippen LogP contribution is 2.26. The van der Waals surface area contributed by atoms with E-state index in [2.05, 4.69) is 5.32 Å². The first-order chi connectivity index (χ1) is 12.3. The molecule has 1 unspecified atom stereocenters. The lowest BCUT2D eigenvalue weighted by atomic mass is 9.83. The van der Waals surface area contributed by atoms with E-state index in [0.717, 1.165) is 0 Å². The van der Waals surface area contributed by atoms with Gasteiger partial charge in [0.1, 0.15) is 11.6 Å². The van der Waals surface area contributed by atoms with Crippen LogP contribution in [0.25, 0.3) is 0 Å². The fraction of sp³-hybridized carbons (Fsp3) is 0.300. The van der Waals surface area contributed by atoms with Gasteiger partial charge in [-0.1, -0.05) is 12.1 Å². The van der Waals surface area contributed by atoms with Crippen LogP contribution in [0.3, 0.4) is 0 Å². The average Bonchev–Trinajstić information content (AvgIpc) is 2.96. The van der Waals surface area contributed by atoms with Crippen molar-refractivity contribution < 1.29 is 18.4 Å². The maximum Gasteiger partial charge on any atom is 0.230 e. The summed E-state index contributed by atoms with van der Waals surface area (Å²) in [6.07, 6.45) is 0.183. The van der Waals surface area contributed by atoms with Gasteiger partial charge in [0, 0.05) is 18.7 Å². The normalized spacial score (nSPS) is 17.5. The molecule has 26 heavy (non-hydrogen) atoms. The van der Waals surface area contributed by atoms with Crippen molar-refractivity contribution in [3.8, 4) is 0 Å². The highest BCUT2D eigenvalue weighted by atomic mass is 19.1. The lowest BCUT2D eigenvalue weighted by Gasteiger charge is -2.26. The summed E-state index contributed by atoms with van der Waals surface area (Å²) in [5.41, 5.74) is 0.433. The van der Waals surface area contributed by atoms with E-state index in [1.54, 1.807) is 38.1 Å². The second-order valence-corrected chi connectivity index (χ2v) is 6.99. The highest BCUT2D eigenvalue weighted by Gasteiger charge is 2.36. The van der Waals surface area contributed by atoms with Crippen LogP contribution in [0, 0.1) is 11.6 Å². The average molecular weight is 358 g/mol. The molecule has 1 saturated heterocycles. The summed E-state index contributed by atoms with van der Waals surface area (Å²) >= 11 is 0. The van der Waals surface area contributed by atoms with Crippen molar-refractivity contribution in [2.24, 2.45) is 0 Å². The van der Waals surface area contributed by atoms with E-state index in [4.69, 9.17) is 0 Å². The van der Waals surface area contributed by atoms with Crippen LogP contribution in [0.5, 0.6) is 0 Å². The van der Waals surface area contributed by atoms with Crippen LogP contribution in [0.2, 0.25) is 0 Å². The molecule has 1 aliphatic heterocycles. The van der Waals surface area contributed by atoms with Gasteiger partial charge in [-0.25, -0.2) is 8.78 Å². The zero-order chi connectivity index (χ0) is 18.9. The van der Waals surface area contributed by atoms with Gasteiger partial charge in [0.15, 0.2) is 0 Å². The minimum Gasteiger partial charge on any atom is -0.350 e. The molecule has 1 fully saturated rings. The number of halogens is 2. The molecule has 1 aliphatic rings. The number of hydrogen-bond donors (Lipinski definition) is 1. The molecular weight excluding hydrogens is 338 g/mol. The first-order valence-corrected chi connectivity index (χ1v) is 8.40. The van der Waals surface area contributed by atoms with E-state index in [9.17, 15) is 18.4 Å². The Kier molecular flexibility index (Phi) is 4.76. The van der Waals surface area contributed by atoms with Crippen LogP contribution < -0.4 is 10.2 Å². The van der Waals surface area contributed by atoms with Gasteiger partial charge in [-0.2, -0.15) is 0 Å². The standard InChI is InChI=1S/C20H20F2N2O2/c1-20(2,13-3-5-14(21)6-4-13)19(26)23-16-11-18(25)24(12-16)17-9-7-15(22)8-10-17/h3-10,16H,11-12H2,1-2H3,(H,23,26). The van der Waals surface area contributed by atoms with Crippen molar-refractivity contribution in [1.82, 2.24) is 5.32 Å². The Morgan fingerprint density at radius 2 is 1.58 bits per heavy atom. The number of carbonyl (C=O) groups is 2. The summed E-state index contributed by atoms with van der Waals surface area (Å²) in [6, 6.07) is 11.1. The number of nitrogens with zero attached hydrogens (tertiary/aromatic N) is 1. The molecule has 0 aliphatic carbocycles. The quantitative estimate of drug-likeness (QED) is 0.913. The van der Waals surface area contributed by atoms with Crippen LogP contribution >= 0.6 is 0 Å². The number of anilines is 1. The summed E-state index contributed by atoms with van der Waals surface area (Å²) in [5.74, 6) is -1.09. The monoisotopic (exact) mass is 358 g/mol. The van der Waals surface area contributed by atoms with Crippen molar-refractivity contribution in [2.75, 3.05) is 11.4 Å². The van der Waals surface area contributed by atoms with Crippen molar-refractivity contribution in [1.29, 1.82) is 0 Å². The van der Waals surface area contributed by atoms with Gasteiger partial charge in [0.05, 0.1) is 11.5 Å². The number of carbonyl (C=O) groups excluding carboxylic acids is 2. The van der Waals surface area contributed by atoms with Crippen LogP contribution in [0.15, 0.2) is 48.5 Å². The predicted molar refractivity (Wildman–Crippen MR) is 94.7 cm³/mol. The minimum absolute atomic E-state index is 0.124. The van der Waals surface area contributed by atoms with E-state index < -0.39 is 5.41 Å². The zero-order valence-electron chi connectivity index (χ0n) is 14.6. The molecule has 1 N–H and O–H groups in total. The zero-order valence-corrected chi connectivity index (χ0v) is 14.6. The third-order valence-electron chi connectivity index (χ3n) is 4.73. The molecule has 6 heteroatoms. The molecule has 0 saturated carbocycles. The van der Waals surface area contributed by atoms with Crippen molar-refractivity contribution in [2.45, 2.75) is 31.7 Å². The van der Waals surface area contributed by atoms with Crippen LogP contribution in [-0.2, 0) is 15.0 Å². The predicted octanol–water partition coefficient (Wildman–Crippen LogP) is 3.16. The molecule has 1 heterocycles. The van der Waals surface area contributed by atoms with Gasteiger partial charge in [-0.05, 0) is 55.8 Å². The van der Waals surface area contributed by atoms with Crippen LogP contribution in [0.1, 0.15) is 25.8 Å². The van der Waals surface area contributed by atoms with E-state index in [1.165, 1.54) is 29.2 Å². The topological polar surface area (TPSA) is 49.4 Å². The summed E-state index contributed by atoms with van der Waals surface area (Å²) in [7, 11) is 0. The Balaban J connectivity index is 1.69. The van der Waals surface area contributed by atoms with Gasteiger partial charge < -0.3 is 10.2 Å². The fourth-order valence-electron chi connectivity index (χ4n) is 3.04. The molecule has 136 valence electrons. The molecule has 0 radical (unpaired) electrons. The smallest absolute Gasteiger partial charge is 0.230 e. The highest BCUT2D eigenvalue weighted by molar-refractivity contribution is 5.97. The Labute approximate surface area is 150 Å². The lowest BCUT2D eigenvalue weighted by molar-refractivity contribution is -0.126. The van der Waals surface area contributed by atoms with Crippen LogP contribution in [0.4, 0.5) is 14.5 Å². The Hall–Kier alpha value is -2.76. The number of amides is 2. The van der Waals surface area contributed by atoms with Crippen molar-refractivity contribution in [3.63, 3.8) is 0 Å². The number of nitrogens with one attached hydrogen (secondary N) is 1. The van der Waals surface area contributed by atoms with Crippen molar-refractivity contribution in [3.05, 3.63) is 65.7 Å². The number of hydrogen-bond acceptors (Lipinski definition) is 2. The molecular formula is C20H20F2N2O2. The molecule has 4 nitrogen and oxygen atoms in total. The van der Waals surface area contributed by atoms with Gasteiger partial charge in [0.25, 0.3) is 0 Å². The molecule has 0 bridgehead atoms. The molecule has 2 aromatic rings. The maximum atomic E-state index is 13.1. The van der Waals surface area contributed by atoms with E-state index >= 15 is 0 Å². The Morgan fingerprint density at radius 3 is 2.15 bits per heavy atom. The molecule has 1 atom stereocenters. The summed E-state index contributed by atoms with van der Waals surface area (Å²) in [4.78, 5) is 26.5. The third-order valence-corrected chi connectivity index (χ3v) is 4.73. The van der Waals surface area contributed by atoms with E-state index in [0.29, 0.717) is 17.8 Å². The maximum absolute atomic E-state index is 13.1. The van der Waals surface area contributed by atoms with Gasteiger partial charge in [-0.3, -0.25) is 9.59 Å². The SMILES string of the molecule is CC(C)(C(=O)NC1CC(=O)N(c2ccc(F)cc2)C1)c1ccc(F)cc1. The molecule has 3 rings (SSSR count). The number of rotatable bonds is 4. The molecule has 2 amide bonds. The second kappa shape index (κ2) is 6.86. The Morgan fingerprint density at radius 1 is 1.04 bits per heavy atom. The lowest BCUT2D eigenvalue weighted by Crippen LogP contribution is -2.46. The van der Waals surface area contributed by atoms with Gasteiger partial charge in [-0.15, -0.1) is 0 Å². The third kappa shape index (κ3) is 3.59. The molecule has 0 spiro atoms. The van der Waals surface area contributed by atoms with E-state index in [1.807, 2.05) is 0 Å². The van der Waals surface area contributed by atoms with Crippen LogP contribution in [-0.4, -0.2) is 24.4 Å². The van der Waals surface area contributed by atoms with E-state index in [-0.39, 0.29) is 35.9 Å². The second-order valence-electron chi connectivity index (χ2n) is 6.99. The number of benzene rings is 2. The molecule has 2 aromatic carbocycles. The van der Waals surface area contributed by atoms with Gasteiger partial charge >= 0.3 is 0 Å². The summed E-state index contributed by atoms with van der Waals surface area (Å²) in [6.45, 7) is 3.84. The first-order valence-electron chi connectivity index (χ1n) is 8.40. The first kappa shape index (κ1) is 18.0. The minimum atomic E-state index is -0.861. The Bertz CT molecular complexity index is 817.